The monoisotopic (exact) mass is 367 g/mol. The van der Waals surface area contributed by atoms with Crippen LogP contribution in [0, 0.1) is 6.92 Å². The summed E-state index contributed by atoms with van der Waals surface area (Å²) in [7, 11) is 0. The van der Waals surface area contributed by atoms with Crippen molar-refractivity contribution in [1.29, 1.82) is 0 Å². The highest BCUT2D eigenvalue weighted by atomic mass is 35.5. The number of halogens is 1. The Morgan fingerprint density at radius 3 is 2.65 bits per heavy atom. The molecule has 1 aliphatic heterocycles. The smallest absolute Gasteiger partial charge is 0.229 e. The van der Waals surface area contributed by atoms with E-state index >= 15 is 0 Å². The van der Waals surface area contributed by atoms with Gasteiger partial charge in [0.25, 0.3) is 0 Å². The normalized spacial score (nSPS) is 12.2. The van der Waals surface area contributed by atoms with Gasteiger partial charge in [0.2, 0.25) is 5.95 Å². The number of hydrogen-bond acceptors (Lipinski definition) is 5. The van der Waals surface area contributed by atoms with Crippen molar-refractivity contribution < 1.29 is 0 Å². The van der Waals surface area contributed by atoms with Crippen molar-refractivity contribution >= 4 is 34.7 Å². The summed E-state index contributed by atoms with van der Waals surface area (Å²) >= 11 is 6.24. The van der Waals surface area contributed by atoms with E-state index in [1.54, 1.807) is 12.4 Å². The van der Waals surface area contributed by atoms with Crippen molar-refractivity contribution in [3.8, 4) is 0 Å². The highest BCUT2D eigenvalue weighted by Gasteiger charge is 2.10. The molecule has 6 bridgehead atoms. The number of anilines is 4. The molecular weight excluding hydrogens is 346 g/mol. The lowest BCUT2D eigenvalue weighted by molar-refractivity contribution is 0.941. The summed E-state index contributed by atoms with van der Waals surface area (Å²) in [6.07, 6.45) is 7.12. The van der Waals surface area contributed by atoms with E-state index in [-0.39, 0.29) is 0 Å². The van der Waals surface area contributed by atoms with Crippen molar-refractivity contribution in [2.24, 2.45) is 0 Å². The summed E-state index contributed by atoms with van der Waals surface area (Å²) in [4.78, 5) is 13.0. The second kappa shape index (κ2) is 8.15. The third kappa shape index (κ3) is 4.11. The van der Waals surface area contributed by atoms with Crippen molar-refractivity contribution in [2.45, 2.75) is 33.6 Å². The molecule has 1 aromatic carbocycles. The summed E-state index contributed by atoms with van der Waals surface area (Å²) in [6.45, 7) is 6.13. The molecule has 2 aromatic heterocycles. The summed E-state index contributed by atoms with van der Waals surface area (Å²) < 4.78 is 0. The fourth-order valence-electron chi connectivity index (χ4n) is 2.77. The molecule has 0 radical (unpaired) electrons. The van der Waals surface area contributed by atoms with Gasteiger partial charge in [-0.25, -0.2) is 4.98 Å². The molecule has 0 saturated carbocycles. The Morgan fingerprint density at radius 1 is 0.962 bits per heavy atom. The molecule has 0 atom stereocenters. The van der Waals surface area contributed by atoms with Gasteiger partial charge in [0, 0.05) is 11.9 Å². The number of fused-ring (bicyclic) bond motifs is 6. The molecule has 0 saturated heterocycles. The van der Waals surface area contributed by atoms with Gasteiger partial charge in [-0.2, -0.15) is 4.98 Å². The van der Waals surface area contributed by atoms with Gasteiger partial charge in [-0.15, -0.1) is 0 Å². The molecule has 1 aliphatic rings. The minimum Gasteiger partial charge on any atom is -0.339 e. The molecule has 3 heterocycles. The van der Waals surface area contributed by atoms with E-state index in [1.807, 2.05) is 26.1 Å². The molecule has 0 spiro atoms. The number of aromatic nitrogens is 3. The molecular formula is C20H22ClN5. The minimum absolute atomic E-state index is 0.476. The molecule has 0 amide bonds. The standard InChI is InChI=1S/C18H16ClN5.C2H6/c1-11-2-5-14-7-13(11)4-3-12-6-15(9-20-8-12)23-18-21-10-16(19)17(22-14)24-18;1-2/h2,5-10H,3-4H2,1H3,(H2,21,22,23,24);1-2H3. The second-order valence-electron chi connectivity index (χ2n) is 5.86. The lowest BCUT2D eigenvalue weighted by atomic mass is 10.0. The van der Waals surface area contributed by atoms with Crippen LogP contribution in [-0.2, 0) is 12.8 Å². The number of nitrogens with zero attached hydrogens (tertiary/aromatic N) is 3. The second-order valence-corrected chi connectivity index (χ2v) is 6.27. The van der Waals surface area contributed by atoms with Gasteiger partial charge >= 0.3 is 0 Å². The molecule has 5 nitrogen and oxygen atoms in total. The molecule has 6 heteroatoms. The van der Waals surface area contributed by atoms with E-state index in [0.717, 1.165) is 24.2 Å². The maximum atomic E-state index is 6.24. The van der Waals surface area contributed by atoms with E-state index in [0.29, 0.717) is 16.8 Å². The van der Waals surface area contributed by atoms with Crippen molar-refractivity contribution in [3.05, 3.63) is 64.6 Å². The minimum atomic E-state index is 0.476. The summed E-state index contributed by atoms with van der Waals surface area (Å²) in [6, 6.07) is 8.37. The summed E-state index contributed by atoms with van der Waals surface area (Å²) in [5, 5.41) is 6.95. The van der Waals surface area contributed by atoms with E-state index in [2.05, 4.69) is 50.7 Å². The molecule has 134 valence electrons. The average Bonchev–Trinajstić information content (AvgIpc) is 2.67. The maximum absolute atomic E-state index is 6.24. The van der Waals surface area contributed by atoms with Crippen molar-refractivity contribution in [1.82, 2.24) is 15.0 Å². The van der Waals surface area contributed by atoms with E-state index in [4.69, 9.17) is 11.6 Å². The van der Waals surface area contributed by atoms with Crippen LogP contribution in [0.25, 0.3) is 0 Å². The molecule has 3 aromatic rings. The molecule has 4 rings (SSSR count). The Morgan fingerprint density at radius 2 is 1.81 bits per heavy atom. The van der Waals surface area contributed by atoms with Crippen molar-refractivity contribution in [2.75, 3.05) is 10.6 Å². The zero-order valence-corrected chi connectivity index (χ0v) is 15.9. The van der Waals surface area contributed by atoms with Crippen LogP contribution in [0.2, 0.25) is 5.02 Å². The highest BCUT2D eigenvalue weighted by Crippen LogP contribution is 2.27. The van der Waals surface area contributed by atoms with Gasteiger partial charge in [0.1, 0.15) is 5.02 Å². The van der Waals surface area contributed by atoms with Crippen LogP contribution in [0.3, 0.4) is 0 Å². The van der Waals surface area contributed by atoms with Gasteiger partial charge in [-0.1, -0.05) is 31.5 Å². The zero-order chi connectivity index (χ0) is 18.5. The number of nitrogens with one attached hydrogen (secondary N) is 2. The fraction of sp³-hybridized carbons (Fsp3) is 0.250. The lowest BCUT2D eigenvalue weighted by Crippen LogP contribution is -2.02. The Labute approximate surface area is 158 Å². The van der Waals surface area contributed by atoms with Crippen LogP contribution in [0.4, 0.5) is 23.1 Å². The summed E-state index contributed by atoms with van der Waals surface area (Å²) in [5.74, 6) is 1.06. The van der Waals surface area contributed by atoms with Crippen LogP contribution in [0.1, 0.15) is 30.5 Å². The Balaban J connectivity index is 0.000000948. The Hall–Kier alpha value is -2.66. The first-order chi connectivity index (χ1) is 12.7. The Bertz CT molecular complexity index is 910. The fourth-order valence-corrected chi connectivity index (χ4v) is 2.91. The SMILES string of the molecule is CC.Cc1ccc2cc1CCc1cncc(c1)Nc1ncc(Cl)c(n1)N2. The first-order valence-corrected chi connectivity index (χ1v) is 9.15. The maximum Gasteiger partial charge on any atom is 0.229 e. The predicted octanol–water partition coefficient (Wildman–Crippen LogP) is 5.45. The molecule has 2 N–H and O–H groups in total. The summed E-state index contributed by atoms with van der Waals surface area (Å²) in [5.41, 5.74) is 5.57. The lowest BCUT2D eigenvalue weighted by Gasteiger charge is -2.11. The van der Waals surface area contributed by atoms with E-state index in [9.17, 15) is 0 Å². The largest absolute Gasteiger partial charge is 0.339 e. The van der Waals surface area contributed by atoms with E-state index < -0.39 is 0 Å². The first-order valence-electron chi connectivity index (χ1n) is 8.77. The Kier molecular flexibility index (Phi) is 5.68. The van der Waals surface area contributed by atoms with Crippen LogP contribution >= 0.6 is 11.6 Å². The molecule has 0 unspecified atom stereocenters. The number of pyridine rings is 1. The number of benzene rings is 1. The van der Waals surface area contributed by atoms with Crippen LogP contribution in [0.15, 0.2) is 42.9 Å². The van der Waals surface area contributed by atoms with Gasteiger partial charge in [-0.3, -0.25) is 4.98 Å². The quantitative estimate of drug-likeness (QED) is 0.553. The van der Waals surface area contributed by atoms with Crippen LogP contribution in [0.5, 0.6) is 0 Å². The number of rotatable bonds is 0. The van der Waals surface area contributed by atoms with Crippen LogP contribution < -0.4 is 10.6 Å². The molecule has 26 heavy (non-hydrogen) atoms. The van der Waals surface area contributed by atoms with Crippen LogP contribution in [-0.4, -0.2) is 15.0 Å². The number of hydrogen-bond donors (Lipinski definition) is 2. The first kappa shape index (κ1) is 18.1. The van der Waals surface area contributed by atoms with Gasteiger partial charge in [0.15, 0.2) is 5.82 Å². The zero-order valence-electron chi connectivity index (χ0n) is 15.2. The molecule has 0 aliphatic carbocycles. The average molecular weight is 368 g/mol. The third-order valence-electron chi connectivity index (χ3n) is 4.09. The predicted molar refractivity (Wildman–Crippen MR) is 108 cm³/mol. The molecule has 0 fully saturated rings. The topological polar surface area (TPSA) is 62.7 Å². The third-order valence-corrected chi connectivity index (χ3v) is 4.37. The highest BCUT2D eigenvalue weighted by molar-refractivity contribution is 6.32. The van der Waals surface area contributed by atoms with Gasteiger partial charge in [-0.05, 0) is 54.7 Å². The van der Waals surface area contributed by atoms with Gasteiger partial charge < -0.3 is 10.6 Å². The van der Waals surface area contributed by atoms with E-state index in [1.165, 1.54) is 16.7 Å². The number of aryl methyl sites for hydroxylation is 3. The van der Waals surface area contributed by atoms with Gasteiger partial charge in [0.05, 0.1) is 18.1 Å². The van der Waals surface area contributed by atoms with Crippen molar-refractivity contribution in [3.63, 3.8) is 0 Å².